The summed E-state index contributed by atoms with van der Waals surface area (Å²) in [6, 6.07) is 15.0. The van der Waals surface area contributed by atoms with Crippen LogP contribution in [0.3, 0.4) is 0 Å². The molecule has 2 aromatic rings. The highest BCUT2D eigenvalue weighted by molar-refractivity contribution is 6.06. The second-order valence-corrected chi connectivity index (χ2v) is 7.16. The van der Waals surface area contributed by atoms with Crippen LogP contribution in [-0.4, -0.2) is 54.1 Å². The van der Waals surface area contributed by atoms with Crippen molar-refractivity contribution in [3.05, 3.63) is 54.1 Å². The third-order valence-corrected chi connectivity index (χ3v) is 5.03. The summed E-state index contributed by atoms with van der Waals surface area (Å²) in [5.74, 6) is 1.08. The van der Waals surface area contributed by atoms with Crippen molar-refractivity contribution < 1.29 is 19.4 Å². The number of benzene rings is 2. The Labute approximate surface area is 174 Å². The number of carbonyl (C=O) groups is 2. The number of aliphatic hydroxyl groups is 1. The Morgan fingerprint density at radius 2 is 2.00 bits per heavy atom. The molecule has 8 heteroatoms. The van der Waals surface area contributed by atoms with Crippen molar-refractivity contribution in [3.63, 3.8) is 0 Å². The number of amides is 2. The molecule has 0 spiro atoms. The van der Waals surface area contributed by atoms with Crippen LogP contribution in [0.5, 0.6) is 5.75 Å². The minimum absolute atomic E-state index is 0.0570. The summed E-state index contributed by atoms with van der Waals surface area (Å²) in [5, 5.41) is 12.1. The van der Waals surface area contributed by atoms with Crippen LogP contribution in [0, 0.1) is 0 Å². The van der Waals surface area contributed by atoms with E-state index in [0.29, 0.717) is 44.2 Å². The van der Waals surface area contributed by atoms with Gasteiger partial charge in [0.2, 0.25) is 17.8 Å². The zero-order valence-corrected chi connectivity index (χ0v) is 16.6. The number of aliphatic hydroxyl groups excluding tert-OH is 1. The quantitative estimate of drug-likeness (QED) is 0.650. The van der Waals surface area contributed by atoms with E-state index in [2.05, 4.69) is 10.3 Å². The number of hydrogen-bond donors (Lipinski definition) is 2. The molecule has 0 bridgehead atoms. The van der Waals surface area contributed by atoms with Crippen molar-refractivity contribution in [2.75, 3.05) is 31.2 Å². The topological polar surface area (TPSA) is 94.5 Å². The van der Waals surface area contributed by atoms with Crippen LogP contribution in [0.2, 0.25) is 0 Å². The molecule has 1 saturated heterocycles. The molecule has 0 unspecified atom stereocenters. The van der Waals surface area contributed by atoms with E-state index in [9.17, 15) is 14.7 Å². The van der Waals surface area contributed by atoms with Gasteiger partial charge in [-0.1, -0.05) is 30.3 Å². The standard InChI is InChI=1S/C22H24N4O4/c27-12-11-26(17-7-2-1-3-8-17)20(29)10-5-13-30-18-9-4-6-16-14-25-15-19(28)23-22(25)24-21(16)18/h1-4,6-9,27H,5,10-15H2,(H,23,24,28). The van der Waals surface area contributed by atoms with Crippen molar-refractivity contribution in [2.45, 2.75) is 19.4 Å². The predicted molar refractivity (Wildman–Crippen MR) is 113 cm³/mol. The third-order valence-electron chi connectivity index (χ3n) is 5.03. The first-order valence-electron chi connectivity index (χ1n) is 10.00. The summed E-state index contributed by atoms with van der Waals surface area (Å²) in [6.07, 6.45) is 0.846. The number of hydrogen-bond acceptors (Lipinski definition) is 6. The molecule has 1 fully saturated rings. The van der Waals surface area contributed by atoms with Crippen LogP contribution in [0.1, 0.15) is 18.4 Å². The number of fused-ring (bicyclic) bond motifs is 2. The van der Waals surface area contributed by atoms with Gasteiger partial charge >= 0.3 is 0 Å². The van der Waals surface area contributed by atoms with E-state index in [1.165, 1.54) is 0 Å². The molecule has 2 aliphatic heterocycles. The Hall–Kier alpha value is -3.39. The van der Waals surface area contributed by atoms with Gasteiger partial charge in [-0.3, -0.25) is 14.9 Å². The first kappa shape index (κ1) is 19.9. The number of guanidine groups is 1. The number of nitrogens with one attached hydrogen (secondary N) is 1. The summed E-state index contributed by atoms with van der Waals surface area (Å²) in [5.41, 5.74) is 2.50. The smallest absolute Gasteiger partial charge is 0.246 e. The van der Waals surface area contributed by atoms with Crippen LogP contribution >= 0.6 is 0 Å². The van der Waals surface area contributed by atoms with Crippen molar-refractivity contribution in [2.24, 2.45) is 4.99 Å². The number of nitrogens with zero attached hydrogens (tertiary/aromatic N) is 3. The zero-order valence-electron chi connectivity index (χ0n) is 16.6. The first-order valence-corrected chi connectivity index (χ1v) is 10.00. The van der Waals surface area contributed by atoms with Gasteiger partial charge in [-0.15, -0.1) is 0 Å². The lowest BCUT2D eigenvalue weighted by Crippen LogP contribution is -2.33. The van der Waals surface area contributed by atoms with Crippen molar-refractivity contribution >= 4 is 29.1 Å². The van der Waals surface area contributed by atoms with Crippen LogP contribution in [0.4, 0.5) is 11.4 Å². The van der Waals surface area contributed by atoms with E-state index in [-0.39, 0.29) is 25.0 Å². The molecular formula is C22H24N4O4. The van der Waals surface area contributed by atoms with Gasteiger partial charge in [0.25, 0.3) is 0 Å². The summed E-state index contributed by atoms with van der Waals surface area (Å²) >= 11 is 0. The highest BCUT2D eigenvalue weighted by atomic mass is 16.5. The zero-order chi connectivity index (χ0) is 20.9. The van der Waals surface area contributed by atoms with Gasteiger partial charge in [-0.25, -0.2) is 4.99 Å². The number of rotatable bonds is 8. The van der Waals surface area contributed by atoms with Gasteiger partial charge in [-0.05, 0) is 24.6 Å². The Kier molecular flexibility index (Phi) is 5.94. The number of anilines is 1. The lowest BCUT2D eigenvalue weighted by molar-refractivity contribution is -0.119. The fourth-order valence-corrected chi connectivity index (χ4v) is 3.62. The number of para-hydroxylation sites is 2. The number of ether oxygens (including phenoxy) is 1. The lowest BCUT2D eigenvalue weighted by Gasteiger charge is -2.24. The number of aliphatic imine (C=N–C) groups is 1. The lowest BCUT2D eigenvalue weighted by atomic mass is 10.1. The van der Waals surface area contributed by atoms with E-state index in [4.69, 9.17) is 4.74 Å². The summed E-state index contributed by atoms with van der Waals surface area (Å²) in [7, 11) is 0. The molecule has 0 aromatic heterocycles. The van der Waals surface area contributed by atoms with E-state index in [0.717, 1.165) is 16.9 Å². The van der Waals surface area contributed by atoms with Gasteiger partial charge in [0.15, 0.2) is 0 Å². The summed E-state index contributed by atoms with van der Waals surface area (Å²) < 4.78 is 5.92. The molecule has 2 aliphatic rings. The average molecular weight is 408 g/mol. The fourth-order valence-electron chi connectivity index (χ4n) is 3.62. The highest BCUT2D eigenvalue weighted by Crippen LogP contribution is 2.36. The molecule has 156 valence electrons. The largest absolute Gasteiger partial charge is 0.491 e. The fraction of sp³-hybridized carbons (Fsp3) is 0.318. The molecule has 2 N–H and O–H groups in total. The highest BCUT2D eigenvalue weighted by Gasteiger charge is 2.30. The second-order valence-electron chi connectivity index (χ2n) is 7.16. The van der Waals surface area contributed by atoms with Gasteiger partial charge in [0.05, 0.1) is 13.2 Å². The molecule has 0 aliphatic carbocycles. The molecule has 2 aromatic carbocycles. The molecule has 2 heterocycles. The third kappa shape index (κ3) is 4.28. The molecule has 0 saturated carbocycles. The summed E-state index contributed by atoms with van der Waals surface area (Å²) in [4.78, 5) is 32.3. The van der Waals surface area contributed by atoms with Crippen molar-refractivity contribution in [1.29, 1.82) is 0 Å². The van der Waals surface area contributed by atoms with E-state index in [1.54, 1.807) is 4.90 Å². The Morgan fingerprint density at radius 1 is 1.17 bits per heavy atom. The monoisotopic (exact) mass is 408 g/mol. The van der Waals surface area contributed by atoms with Crippen LogP contribution in [0.25, 0.3) is 0 Å². The Bertz CT molecular complexity index is 961. The molecule has 0 radical (unpaired) electrons. The summed E-state index contributed by atoms with van der Waals surface area (Å²) in [6.45, 7) is 1.45. The maximum atomic E-state index is 12.6. The maximum Gasteiger partial charge on any atom is 0.246 e. The van der Waals surface area contributed by atoms with Gasteiger partial charge < -0.3 is 19.6 Å². The van der Waals surface area contributed by atoms with Crippen LogP contribution in [0.15, 0.2) is 53.5 Å². The minimum atomic E-state index is -0.0961. The van der Waals surface area contributed by atoms with E-state index < -0.39 is 0 Å². The second kappa shape index (κ2) is 8.96. The Morgan fingerprint density at radius 3 is 2.80 bits per heavy atom. The Balaban J connectivity index is 1.35. The van der Waals surface area contributed by atoms with Crippen molar-refractivity contribution in [3.8, 4) is 5.75 Å². The molecule has 30 heavy (non-hydrogen) atoms. The van der Waals surface area contributed by atoms with Gasteiger partial charge in [0.1, 0.15) is 18.0 Å². The average Bonchev–Trinajstić information content (AvgIpc) is 3.12. The SMILES string of the molecule is O=C1CN2Cc3cccc(OCCCC(=O)N(CCO)c4ccccc4)c3N=C2N1. The molecule has 8 nitrogen and oxygen atoms in total. The van der Waals surface area contributed by atoms with Crippen LogP contribution < -0.4 is 15.0 Å². The van der Waals surface area contributed by atoms with Gasteiger partial charge in [0, 0.05) is 30.8 Å². The maximum absolute atomic E-state index is 12.6. The number of carbonyl (C=O) groups excluding carboxylic acids is 2. The van der Waals surface area contributed by atoms with E-state index in [1.807, 2.05) is 53.4 Å². The normalized spacial score (nSPS) is 14.5. The van der Waals surface area contributed by atoms with Crippen LogP contribution in [-0.2, 0) is 16.1 Å². The molecular weight excluding hydrogens is 384 g/mol. The van der Waals surface area contributed by atoms with E-state index >= 15 is 0 Å². The molecule has 2 amide bonds. The minimum Gasteiger partial charge on any atom is -0.491 e. The molecule has 0 atom stereocenters. The first-order chi connectivity index (χ1) is 14.7. The van der Waals surface area contributed by atoms with Gasteiger partial charge in [-0.2, -0.15) is 0 Å². The molecule has 4 rings (SSSR count). The predicted octanol–water partition coefficient (Wildman–Crippen LogP) is 1.80. The van der Waals surface area contributed by atoms with Crippen molar-refractivity contribution in [1.82, 2.24) is 10.2 Å².